The Hall–Kier alpha value is -1.65. The molecule has 140 valence electrons. The van der Waals surface area contributed by atoms with Crippen LogP contribution in [0.15, 0.2) is 54.6 Å². The van der Waals surface area contributed by atoms with Crippen molar-refractivity contribution in [3.63, 3.8) is 0 Å². The number of hydrogen-bond donors (Lipinski definition) is 1. The van der Waals surface area contributed by atoms with Gasteiger partial charge in [0, 0.05) is 22.8 Å². The predicted octanol–water partition coefficient (Wildman–Crippen LogP) is 7.63. The van der Waals surface area contributed by atoms with E-state index in [0.717, 1.165) is 11.1 Å². The van der Waals surface area contributed by atoms with Crippen molar-refractivity contribution in [1.82, 2.24) is 0 Å². The number of halogens is 5. The van der Waals surface area contributed by atoms with Crippen LogP contribution in [0.5, 0.6) is 5.75 Å². The molecule has 3 aromatic rings. The van der Waals surface area contributed by atoms with Crippen molar-refractivity contribution in [2.75, 3.05) is 5.32 Å². The van der Waals surface area contributed by atoms with Crippen molar-refractivity contribution >= 4 is 52.1 Å². The molecule has 2 nitrogen and oxygen atoms in total. The van der Waals surface area contributed by atoms with Gasteiger partial charge >= 0.3 is 0 Å². The third-order valence-corrected chi connectivity index (χ3v) is 5.02. The lowest BCUT2D eigenvalue weighted by molar-refractivity contribution is 0.306. The van der Waals surface area contributed by atoms with Crippen LogP contribution in [0.2, 0.25) is 20.1 Å². The lowest BCUT2D eigenvalue weighted by atomic mass is 10.2. The van der Waals surface area contributed by atoms with Gasteiger partial charge in [-0.2, -0.15) is 0 Å². The minimum Gasteiger partial charge on any atom is -0.486 e. The van der Waals surface area contributed by atoms with E-state index < -0.39 is 5.82 Å². The number of rotatable bonds is 6. The Morgan fingerprint density at radius 1 is 0.815 bits per heavy atom. The molecule has 0 amide bonds. The molecule has 1 N–H and O–H groups in total. The highest BCUT2D eigenvalue weighted by molar-refractivity contribution is 6.37. The van der Waals surface area contributed by atoms with Crippen LogP contribution in [0.25, 0.3) is 0 Å². The summed E-state index contributed by atoms with van der Waals surface area (Å²) in [5.41, 5.74) is 2.37. The van der Waals surface area contributed by atoms with Gasteiger partial charge in [0.1, 0.15) is 12.4 Å². The van der Waals surface area contributed by atoms with E-state index in [0.29, 0.717) is 33.0 Å². The molecule has 0 atom stereocenters. The normalized spacial score (nSPS) is 10.7. The van der Waals surface area contributed by atoms with Gasteiger partial charge in [-0.1, -0.05) is 64.6 Å². The second-order valence-corrected chi connectivity index (χ2v) is 7.38. The van der Waals surface area contributed by atoms with Gasteiger partial charge in [-0.05, 0) is 42.0 Å². The van der Waals surface area contributed by atoms with Crippen LogP contribution >= 0.6 is 46.4 Å². The molecule has 27 heavy (non-hydrogen) atoms. The first kappa shape index (κ1) is 20.1. The highest BCUT2D eigenvalue weighted by Gasteiger charge is 2.11. The molecule has 0 bridgehead atoms. The molecular weight excluding hydrogens is 431 g/mol. The van der Waals surface area contributed by atoms with E-state index in [1.54, 1.807) is 24.3 Å². The highest BCUT2D eigenvalue weighted by Crippen LogP contribution is 2.35. The molecule has 0 spiro atoms. The smallest absolute Gasteiger partial charge is 0.156 e. The molecule has 0 aromatic heterocycles. The van der Waals surface area contributed by atoms with Crippen molar-refractivity contribution in [1.29, 1.82) is 0 Å². The minimum atomic E-state index is -0.465. The molecule has 3 aromatic carbocycles. The van der Waals surface area contributed by atoms with E-state index in [1.165, 1.54) is 12.1 Å². The van der Waals surface area contributed by atoms with Gasteiger partial charge in [-0.25, -0.2) is 4.39 Å². The van der Waals surface area contributed by atoms with Gasteiger partial charge in [-0.15, -0.1) is 0 Å². The molecule has 0 aliphatic heterocycles. The molecule has 0 radical (unpaired) electrons. The van der Waals surface area contributed by atoms with Gasteiger partial charge in [0.05, 0.1) is 15.1 Å². The molecule has 3 rings (SSSR count). The fourth-order valence-electron chi connectivity index (χ4n) is 2.43. The van der Waals surface area contributed by atoms with Crippen LogP contribution in [0.3, 0.4) is 0 Å². The first-order chi connectivity index (χ1) is 12.9. The molecule has 7 heteroatoms. The summed E-state index contributed by atoms with van der Waals surface area (Å²) in [5.74, 6) is -0.0693. The quantitative estimate of drug-likeness (QED) is 0.421. The molecular formula is C20H14Cl4FNO. The number of anilines is 1. The zero-order valence-corrected chi connectivity index (χ0v) is 16.9. The summed E-state index contributed by atoms with van der Waals surface area (Å²) in [5, 5.41) is 4.60. The zero-order valence-electron chi connectivity index (χ0n) is 13.9. The van der Waals surface area contributed by atoms with Crippen molar-refractivity contribution in [2.45, 2.75) is 13.2 Å². The van der Waals surface area contributed by atoms with E-state index in [-0.39, 0.29) is 11.6 Å². The SMILES string of the molecule is Fc1ccc(NCc2cc(Cl)c(OCc3ccccc3Cl)c(Cl)c2)cc1Cl. The van der Waals surface area contributed by atoms with Crippen molar-refractivity contribution in [3.05, 3.63) is 91.6 Å². The topological polar surface area (TPSA) is 21.3 Å². The van der Waals surface area contributed by atoms with Crippen LogP contribution in [-0.2, 0) is 13.2 Å². The van der Waals surface area contributed by atoms with Crippen molar-refractivity contribution in [3.8, 4) is 5.75 Å². The standard InChI is InChI=1S/C20H14Cl4FNO/c21-15-4-2-1-3-13(15)11-27-20-17(23)7-12(8-18(20)24)10-26-14-5-6-19(25)16(22)9-14/h1-9,26H,10-11H2. The highest BCUT2D eigenvalue weighted by atomic mass is 35.5. The average molecular weight is 445 g/mol. The largest absolute Gasteiger partial charge is 0.486 e. The molecule has 0 aliphatic carbocycles. The maximum atomic E-state index is 13.2. The Balaban J connectivity index is 1.68. The molecule has 0 unspecified atom stereocenters. The molecule has 0 heterocycles. The van der Waals surface area contributed by atoms with E-state index in [9.17, 15) is 4.39 Å². The fourth-order valence-corrected chi connectivity index (χ4v) is 3.44. The fraction of sp³-hybridized carbons (Fsp3) is 0.100. The number of ether oxygens (including phenoxy) is 1. The zero-order chi connectivity index (χ0) is 19.4. The molecule has 0 saturated carbocycles. The Bertz CT molecular complexity index is 941. The Morgan fingerprint density at radius 2 is 1.52 bits per heavy atom. The van der Waals surface area contributed by atoms with Crippen LogP contribution in [0.4, 0.5) is 10.1 Å². The van der Waals surface area contributed by atoms with E-state index in [4.69, 9.17) is 51.1 Å². The van der Waals surface area contributed by atoms with Crippen LogP contribution < -0.4 is 10.1 Å². The maximum absolute atomic E-state index is 13.2. The predicted molar refractivity (Wildman–Crippen MR) is 111 cm³/mol. The summed E-state index contributed by atoms with van der Waals surface area (Å²) in [6, 6.07) is 15.3. The lowest BCUT2D eigenvalue weighted by Crippen LogP contribution is -2.02. The Labute approximate surface area is 176 Å². The molecule has 0 saturated heterocycles. The number of hydrogen-bond acceptors (Lipinski definition) is 2. The minimum absolute atomic E-state index is 0.0550. The second-order valence-electron chi connectivity index (χ2n) is 5.75. The Kier molecular flexibility index (Phi) is 6.72. The van der Waals surface area contributed by atoms with Gasteiger partial charge in [0.2, 0.25) is 0 Å². The van der Waals surface area contributed by atoms with Gasteiger partial charge in [0.15, 0.2) is 5.75 Å². The van der Waals surface area contributed by atoms with Gasteiger partial charge in [0.25, 0.3) is 0 Å². The van der Waals surface area contributed by atoms with Crippen molar-refractivity contribution in [2.24, 2.45) is 0 Å². The first-order valence-electron chi connectivity index (χ1n) is 7.97. The van der Waals surface area contributed by atoms with Crippen LogP contribution in [0.1, 0.15) is 11.1 Å². The summed E-state index contributed by atoms with van der Waals surface area (Å²) in [4.78, 5) is 0. The van der Waals surface area contributed by atoms with Crippen molar-refractivity contribution < 1.29 is 9.13 Å². The monoisotopic (exact) mass is 443 g/mol. The maximum Gasteiger partial charge on any atom is 0.156 e. The third kappa shape index (κ3) is 5.20. The van der Waals surface area contributed by atoms with E-state index in [1.807, 2.05) is 18.2 Å². The summed E-state index contributed by atoms with van der Waals surface area (Å²) in [7, 11) is 0. The third-order valence-electron chi connectivity index (χ3n) is 3.80. The average Bonchev–Trinajstić information content (AvgIpc) is 2.63. The van der Waals surface area contributed by atoms with Crippen LogP contribution in [-0.4, -0.2) is 0 Å². The van der Waals surface area contributed by atoms with E-state index >= 15 is 0 Å². The van der Waals surface area contributed by atoms with Gasteiger partial charge < -0.3 is 10.1 Å². The Morgan fingerprint density at radius 3 is 2.19 bits per heavy atom. The van der Waals surface area contributed by atoms with Crippen LogP contribution in [0, 0.1) is 5.82 Å². The first-order valence-corrected chi connectivity index (χ1v) is 9.48. The summed E-state index contributed by atoms with van der Waals surface area (Å²) in [6.45, 7) is 0.691. The number of benzene rings is 3. The molecule has 0 aliphatic rings. The summed E-state index contributed by atoms with van der Waals surface area (Å²) < 4.78 is 19.0. The second kappa shape index (κ2) is 9.03. The van der Waals surface area contributed by atoms with Gasteiger partial charge in [-0.3, -0.25) is 0 Å². The summed E-state index contributed by atoms with van der Waals surface area (Å²) >= 11 is 24.6. The molecule has 0 fully saturated rings. The summed E-state index contributed by atoms with van der Waals surface area (Å²) in [6.07, 6.45) is 0. The van der Waals surface area contributed by atoms with E-state index in [2.05, 4.69) is 5.32 Å². The lowest BCUT2D eigenvalue weighted by Gasteiger charge is -2.13. The number of nitrogens with one attached hydrogen (secondary N) is 1.